The van der Waals surface area contributed by atoms with Crippen molar-refractivity contribution >= 4 is 11.8 Å². The topological polar surface area (TPSA) is 60.9 Å². The average Bonchev–Trinajstić information content (AvgIpc) is 3.15. The minimum Gasteiger partial charge on any atom is -0.396 e. The van der Waals surface area contributed by atoms with E-state index in [4.69, 9.17) is 0 Å². The van der Waals surface area contributed by atoms with Gasteiger partial charge in [-0.3, -0.25) is 9.59 Å². The van der Waals surface area contributed by atoms with E-state index in [1.807, 2.05) is 28.0 Å². The number of piperidine rings is 1. The SMILES string of the molecule is O=C(C1CC(=O)N(C2CCCCC2)C1)N1CC[C@H](c2ccccc2)[C@H](CO)C1. The summed E-state index contributed by atoms with van der Waals surface area (Å²) in [4.78, 5) is 29.6. The van der Waals surface area contributed by atoms with E-state index in [-0.39, 0.29) is 30.3 Å². The summed E-state index contributed by atoms with van der Waals surface area (Å²) in [5.41, 5.74) is 1.24. The Morgan fingerprint density at radius 3 is 2.50 bits per heavy atom. The number of hydrogen-bond donors (Lipinski definition) is 1. The predicted octanol–water partition coefficient (Wildman–Crippen LogP) is 2.79. The number of carbonyl (C=O) groups is 2. The first-order chi connectivity index (χ1) is 13.7. The molecule has 3 aliphatic rings. The summed E-state index contributed by atoms with van der Waals surface area (Å²) in [7, 11) is 0. The number of amides is 2. The molecule has 1 unspecified atom stereocenters. The monoisotopic (exact) mass is 384 g/mol. The van der Waals surface area contributed by atoms with Gasteiger partial charge < -0.3 is 14.9 Å². The Hall–Kier alpha value is -1.88. The van der Waals surface area contributed by atoms with Crippen molar-refractivity contribution in [2.24, 2.45) is 11.8 Å². The lowest BCUT2D eigenvalue weighted by molar-refractivity contribution is -0.138. The first-order valence-electron chi connectivity index (χ1n) is 10.9. The lowest BCUT2D eigenvalue weighted by Crippen LogP contribution is -2.47. The molecule has 4 rings (SSSR count). The minimum absolute atomic E-state index is 0.0617. The van der Waals surface area contributed by atoms with Gasteiger partial charge in [0.2, 0.25) is 11.8 Å². The van der Waals surface area contributed by atoms with Crippen molar-refractivity contribution in [3.8, 4) is 0 Å². The zero-order chi connectivity index (χ0) is 19.5. The maximum absolute atomic E-state index is 13.1. The first-order valence-corrected chi connectivity index (χ1v) is 10.9. The molecule has 0 bridgehead atoms. The van der Waals surface area contributed by atoms with Gasteiger partial charge in [0.05, 0.1) is 5.92 Å². The second kappa shape index (κ2) is 8.64. The number of rotatable bonds is 4. The van der Waals surface area contributed by atoms with Crippen LogP contribution >= 0.6 is 0 Å². The molecule has 2 heterocycles. The minimum atomic E-state index is -0.206. The van der Waals surface area contributed by atoms with E-state index < -0.39 is 0 Å². The molecule has 5 nitrogen and oxygen atoms in total. The van der Waals surface area contributed by atoms with Crippen molar-refractivity contribution in [3.63, 3.8) is 0 Å². The van der Waals surface area contributed by atoms with Crippen LogP contribution in [0.15, 0.2) is 30.3 Å². The lowest BCUT2D eigenvalue weighted by atomic mass is 9.80. The molecule has 0 radical (unpaired) electrons. The van der Waals surface area contributed by atoms with Gasteiger partial charge in [-0.15, -0.1) is 0 Å². The summed E-state index contributed by atoms with van der Waals surface area (Å²) in [5.74, 6) is 0.410. The normalized spacial score (nSPS) is 29.3. The van der Waals surface area contributed by atoms with Crippen LogP contribution in [0.2, 0.25) is 0 Å². The molecule has 0 spiro atoms. The summed E-state index contributed by atoms with van der Waals surface area (Å²) in [6.45, 7) is 1.97. The van der Waals surface area contributed by atoms with Gasteiger partial charge in [-0.2, -0.15) is 0 Å². The summed E-state index contributed by atoms with van der Waals surface area (Å²) in [5, 5.41) is 9.94. The Bertz CT molecular complexity index is 686. The third-order valence-corrected chi connectivity index (χ3v) is 7.03. The molecular formula is C23H32N2O3. The van der Waals surface area contributed by atoms with Crippen LogP contribution in [0.4, 0.5) is 0 Å². The molecule has 3 fully saturated rings. The van der Waals surface area contributed by atoms with Gasteiger partial charge in [0.15, 0.2) is 0 Å². The van der Waals surface area contributed by atoms with Crippen LogP contribution in [0.1, 0.15) is 56.4 Å². The smallest absolute Gasteiger partial charge is 0.228 e. The summed E-state index contributed by atoms with van der Waals surface area (Å²) in [6.07, 6.45) is 7.05. The van der Waals surface area contributed by atoms with E-state index in [1.54, 1.807) is 0 Å². The number of nitrogens with zero attached hydrogens (tertiary/aromatic N) is 2. The van der Waals surface area contributed by atoms with Gasteiger partial charge in [-0.1, -0.05) is 49.6 Å². The highest BCUT2D eigenvalue weighted by molar-refractivity contribution is 5.89. The molecule has 152 valence electrons. The van der Waals surface area contributed by atoms with Crippen molar-refractivity contribution in [2.75, 3.05) is 26.2 Å². The Morgan fingerprint density at radius 1 is 1.04 bits per heavy atom. The van der Waals surface area contributed by atoms with Crippen molar-refractivity contribution < 1.29 is 14.7 Å². The van der Waals surface area contributed by atoms with Crippen LogP contribution < -0.4 is 0 Å². The van der Waals surface area contributed by atoms with Gasteiger partial charge in [0.1, 0.15) is 0 Å². The highest BCUT2D eigenvalue weighted by Gasteiger charge is 2.41. The number of aliphatic hydroxyl groups is 1. The molecule has 1 N–H and O–H groups in total. The van der Waals surface area contributed by atoms with Crippen LogP contribution in [0, 0.1) is 11.8 Å². The summed E-state index contributed by atoms with van der Waals surface area (Å²) in [6, 6.07) is 10.6. The maximum atomic E-state index is 13.1. The van der Waals surface area contributed by atoms with Crippen molar-refractivity contribution in [1.29, 1.82) is 0 Å². The lowest BCUT2D eigenvalue weighted by Gasteiger charge is -2.39. The zero-order valence-electron chi connectivity index (χ0n) is 16.6. The van der Waals surface area contributed by atoms with E-state index in [9.17, 15) is 14.7 Å². The van der Waals surface area contributed by atoms with Crippen LogP contribution in [0.25, 0.3) is 0 Å². The molecule has 2 amide bonds. The Kier molecular flexibility index (Phi) is 6.00. The Labute approximate surface area is 167 Å². The molecule has 2 saturated heterocycles. The highest BCUT2D eigenvalue weighted by Crippen LogP contribution is 2.35. The van der Waals surface area contributed by atoms with Crippen LogP contribution in [0.3, 0.4) is 0 Å². The second-order valence-corrected chi connectivity index (χ2v) is 8.77. The molecule has 1 aromatic carbocycles. The average molecular weight is 385 g/mol. The van der Waals surface area contributed by atoms with E-state index in [2.05, 4.69) is 12.1 Å². The van der Waals surface area contributed by atoms with Gasteiger partial charge >= 0.3 is 0 Å². The van der Waals surface area contributed by atoms with E-state index in [0.29, 0.717) is 38.0 Å². The molecule has 1 saturated carbocycles. The summed E-state index contributed by atoms with van der Waals surface area (Å²) < 4.78 is 0. The summed E-state index contributed by atoms with van der Waals surface area (Å²) >= 11 is 0. The predicted molar refractivity (Wildman–Crippen MR) is 108 cm³/mol. The number of hydrogen-bond acceptors (Lipinski definition) is 3. The largest absolute Gasteiger partial charge is 0.396 e. The van der Waals surface area contributed by atoms with Gasteiger partial charge in [-0.25, -0.2) is 0 Å². The molecule has 28 heavy (non-hydrogen) atoms. The fourth-order valence-electron chi connectivity index (χ4n) is 5.46. The van der Waals surface area contributed by atoms with Crippen LogP contribution in [-0.4, -0.2) is 59.0 Å². The first kappa shape index (κ1) is 19.4. The van der Waals surface area contributed by atoms with Gasteiger partial charge in [-0.05, 0) is 30.7 Å². The standard InChI is InChI=1S/C23H32N2O3/c26-16-19-14-24(12-11-21(19)17-7-3-1-4-8-17)23(28)18-13-22(27)25(15-18)20-9-5-2-6-10-20/h1,3-4,7-8,18-21,26H,2,5-6,9-16H2/t18?,19-,21+/m0/s1. The van der Waals surface area contributed by atoms with E-state index in [1.165, 1.54) is 24.8 Å². The van der Waals surface area contributed by atoms with Crippen LogP contribution in [0.5, 0.6) is 0 Å². The zero-order valence-corrected chi connectivity index (χ0v) is 16.6. The van der Waals surface area contributed by atoms with Crippen molar-refractivity contribution in [3.05, 3.63) is 35.9 Å². The quantitative estimate of drug-likeness (QED) is 0.868. The molecule has 3 atom stereocenters. The fourth-order valence-corrected chi connectivity index (χ4v) is 5.46. The number of benzene rings is 1. The third kappa shape index (κ3) is 3.95. The van der Waals surface area contributed by atoms with Gasteiger partial charge in [0.25, 0.3) is 0 Å². The highest BCUT2D eigenvalue weighted by atomic mass is 16.3. The Morgan fingerprint density at radius 2 is 1.79 bits per heavy atom. The fraction of sp³-hybridized carbons (Fsp3) is 0.652. The number of carbonyl (C=O) groups excluding carboxylic acids is 2. The third-order valence-electron chi connectivity index (χ3n) is 7.03. The molecular weight excluding hydrogens is 352 g/mol. The number of likely N-dealkylation sites (tertiary alicyclic amines) is 2. The van der Waals surface area contributed by atoms with Crippen molar-refractivity contribution in [1.82, 2.24) is 9.80 Å². The van der Waals surface area contributed by atoms with E-state index >= 15 is 0 Å². The number of aliphatic hydroxyl groups excluding tert-OH is 1. The Balaban J connectivity index is 1.38. The molecule has 1 aromatic rings. The van der Waals surface area contributed by atoms with E-state index in [0.717, 1.165) is 19.3 Å². The molecule has 1 aliphatic carbocycles. The van der Waals surface area contributed by atoms with Gasteiger partial charge in [0, 0.05) is 44.6 Å². The molecule has 2 aliphatic heterocycles. The van der Waals surface area contributed by atoms with Crippen LogP contribution in [-0.2, 0) is 9.59 Å². The second-order valence-electron chi connectivity index (χ2n) is 8.77. The molecule has 5 heteroatoms. The molecule has 0 aromatic heterocycles. The maximum Gasteiger partial charge on any atom is 0.228 e. The van der Waals surface area contributed by atoms with Crippen molar-refractivity contribution in [2.45, 2.75) is 56.9 Å².